The summed E-state index contributed by atoms with van der Waals surface area (Å²) in [7, 11) is 0. The zero-order chi connectivity index (χ0) is 17.5. The number of rotatable bonds is 7. The molecule has 1 aliphatic heterocycles. The number of unbranched alkanes of at least 4 members (excludes halogenated alkanes) is 1. The highest BCUT2D eigenvalue weighted by Crippen LogP contribution is 2.30. The Kier molecular flexibility index (Phi) is 5.77. The van der Waals surface area contributed by atoms with Gasteiger partial charge in [-0.2, -0.15) is 0 Å². The Balaban J connectivity index is 1.48. The molecule has 1 N–H and O–H groups in total. The van der Waals surface area contributed by atoms with Crippen LogP contribution in [0.1, 0.15) is 30.1 Å². The summed E-state index contributed by atoms with van der Waals surface area (Å²) in [5.41, 5.74) is 0.597. The number of nitrogens with one attached hydrogen (secondary N) is 1. The van der Waals surface area contributed by atoms with Crippen LogP contribution >= 0.6 is 0 Å². The molecule has 0 saturated carbocycles. The molecule has 0 fully saturated rings. The van der Waals surface area contributed by atoms with Crippen molar-refractivity contribution in [2.24, 2.45) is 0 Å². The summed E-state index contributed by atoms with van der Waals surface area (Å²) >= 11 is 0. The average molecular weight is 341 g/mol. The van der Waals surface area contributed by atoms with E-state index < -0.39 is 0 Å². The van der Waals surface area contributed by atoms with Crippen LogP contribution in [0.25, 0.3) is 0 Å². The van der Waals surface area contributed by atoms with Gasteiger partial charge in [-0.1, -0.05) is 25.5 Å². The molecule has 1 amide bonds. The number of benzene rings is 2. The summed E-state index contributed by atoms with van der Waals surface area (Å²) in [4.78, 5) is 12.3. The third-order valence-corrected chi connectivity index (χ3v) is 3.94. The van der Waals surface area contributed by atoms with Crippen LogP contribution in [0.3, 0.4) is 0 Å². The minimum Gasteiger partial charge on any atom is -0.494 e. The molecule has 3 rings (SSSR count). The monoisotopic (exact) mass is 341 g/mol. The van der Waals surface area contributed by atoms with Crippen LogP contribution < -0.4 is 19.5 Å². The second-order valence-corrected chi connectivity index (χ2v) is 5.93. The van der Waals surface area contributed by atoms with Crippen LogP contribution in [-0.2, 0) is 0 Å². The highest BCUT2D eigenvalue weighted by molar-refractivity contribution is 5.94. The molecule has 132 valence electrons. The van der Waals surface area contributed by atoms with Crippen LogP contribution in [0, 0.1) is 0 Å². The topological polar surface area (TPSA) is 56.8 Å². The first kappa shape index (κ1) is 17.1. The van der Waals surface area contributed by atoms with Gasteiger partial charge in [-0.05, 0) is 42.8 Å². The highest BCUT2D eigenvalue weighted by atomic mass is 16.6. The summed E-state index contributed by atoms with van der Waals surface area (Å²) in [6.07, 6.45) is 1.92. The molecular formula is C20H23NO4. The number of fused-ring (bicyclic) bond motifs is 1. The normalized spacial score (nSPS) is 15.5. The van der Waals surface area contributed by atoms with Crippen LogP contribution in [0.5, 0.6) is 17.2 Å². The maximum absolute atomic E-state index is 12.3. The van der Waals surface area contributed by atoms with Gasteiger partial charge in [-0.25, -0.2) is 0 Å². The van der Waals surface area contributed by atoms with E-state index in [1.807, 2.05) is 36.4 Å². The number of carbonyl (C=O) groups is 1. The van der Waals surface area contributed by atoms with Gasteiger partial charge in [0.2, 0.25) is 0 Å². The lowest BCUT2D eigenvalue weighted by molar-refractivity contribution is 0.0789. The molecule has 1 unspecified atom stereocenters. The molecule has 0 saturated heterocycles. The quantitative estimate of drug-likeness (QED) is 0.784. The van der Waals surface area contributed by atoms with Gasteiger partial charge in [0.15, 0.2) is 11.5 Å². The van der Waals surface area contributed by atoms with Gasteiger partial charge in [-0.15, -0.1) is 0 Å². The number of amides is 1. The molecule has 2 aromatic rings. The average Bonchev–Trinajstić information content (AvgIpc) is 2.66. The molecule has 1 heterocycles. The Morgan fingerprint density at radius 2 is 1.92 bits per heavy atom. The second kappa shape index (κ2) is 8.42. The van der Waals surface area contributed by atoms with Crippen LogP contribution in [0.15, 0.2) is 48.5 Å². The minimum atomic E-state index is -0.199. The van der Waals surface area contributed by atoms with E-state index in [1.165, 1.54) is 0 Å². The van der Waals surface area contributed by atoms with E-state index in [9.17, 15) is 4.79 Å². The molecule has 0 radical (unpaired) electrons. The summed E-state index contributed by atoms with van der Waals surface area (Å²) in [6, 6.07) is 14.7. The number of para-hydroxylation sites is 2. The van der Waals surface area contributed by atoms with Gasteiger partial charge in [0.05, 0.1) is 13.2 Å². The fourth-order valence-corrected chi connectivity index (χ4v) is 2.51. The first-order valence-electron chi connectivity index (χ1n) is 8.66. The van der Waals surface area contributed by atoms with Crippen molar-refractivity contribution >= 4 is 5.91 Å². The fraction of sp³-hybridized carbons (Fsp3) is 0.350. The van der Waals surface area contributed by atoms with Gasteiger partial charge in [0, 0.05) is 5.56 Å². The van der Waals surface area contributed by atoms with Crippen molar-refractivity contribution in [2.45, 2.75) is 25.9 Å². The predicted octanol–water partition coefficient (Wildman–Crippen LogP) is 3.44. The predicted molar refractivity (Wildman–Crippen MR) is 95.5 cm³/mol. The van der Waals surface area contributed by atoms with E-state index in [0.717, 1.165) is 24.3 Å². The molecule has 25 heavy (non-hydrogen) atoms. The van der Waals surface area contributed by atoms with E-state index in [-0.39, 0.29) is 12.0 Å². The number of carbonyl (C=O) groups excluding carboxylic acids is 1. The van der Waals surface area contributed by atoms with E-state index in [0.29, 0.717) is 31.1 Å². The Morgan fingerprint density at radius 3 is 2.68 bits per heavy atom. The zero-order valence-corrected chi connectivity index (χ0v) is 14.4. The van der Waals surface area contributed by atoms with Crippen molar-refractivity contribution in [2.75, 3.05) is 19.8 Å². The molecule has 0 aliphatic carbocycles. The summed E-state index contributed by atoms with van der Waals surface area (Å²) in [5, 5.41) is 2.89. The van der Waals surface area contributed by atoms with E-state index >= 15 is 0 Å². The van der Waals surface area contributed by atoms with Crippen molar-refractivity contribution in [1.29, 1.82) is 0 Å². The minimum absolute atomic E-state index is 0.137. The lowest BCUT2D eigenvalue weighted by atomic mass is 10.2. The SMILES string of the molecule is CCCCOc1ccc(C(=O)NCC2COc3ccccc3O2)cc1. The molecule has 0 bridgehead atoms. The molecule has 1 aliphatic rings. The molecule has 5 heteroatoms. The molecular weight excluding hydrogens is 318 g/mol. The Hall–Kier alpha value is -2.69. The highest BCUT2D eigenvalue weighted by Gasteiger charge is 2.21. The van der Waals surface area contributed by atoms with Crippen LogP contribution in [0.4, 0.5) is 0 Å². The third-order valence-electron chi connectivity index (χ3n) is 3.94. The van der Waals surface area contributed by atoms with Crippen molar-refractivity contribution in [1.82, 2.24) is 5.32 Å². The van der Waals surface area contributed by atoms with Crippen molar-refractivity contribution in [3.63, 3.8) is 0 Å². The standard InChI is InChI=1S/C20H23NO4/c1-2-3-12-23-16-10-8-15(9-11-16)20(22)21-13-17-14-24-18-6-4-5-7-19(18)25-17/h4-11,17H,2-3,12-14H2,1H3,(H,21,22). The van der Waals surface area contributed by atoms with Gasteiger partial charge < -0.3 is 19.5 Å². The van der Waals surface area contributed by atoms with Gasteiger partial charge >= 0.3 is 0 Å². The van der Waals surface area contributed by atoms with E-state index in [4.69, 9.17) is 14.2 Å². The molecule has 0 spiro atoms. The fourth-order valence-electron chi connectivity index (χ4n) is 2.51. The van der Waals surface area contributed by atoms with Crippen molar-refractivity contribution in [3.05, 3.63) is 54.1 Å². The summed E-state index contributed by atoms with van der Waals surface area (Å²) < 4.78 is 17.1. The summed E-state index contributed by atoms with van der Waals surface area (Å²) in [6.45, 7) is 3.63. The van der Waals surface area contributed by atoms with Gasteiger partial charge in [0.1, 0.15) is 18.5 Å². The van der Waals surface area contributed by atoms with Crippen LogP contribution in [0.2, 0.25) is 0 Å². The molecule has 5 nitrogen and oxygen atoms in total. The lowest BCUT2D eigenvalue weighted by Crippen LogP contribution is -2.40. The first-order chi connectivity index (χ1) is 12.3. The van der Waals surface area contributed by atoms with Crippen molar-refractivity contribution < 1.29 is 19.0 Å². The largest absolute Gasteiger partial charge is 0.494 e. The number of hydrogen-bond donors (Lipinski definition) is 1. The summed E-state index contributed by atoms with van der Waals surface area (Å²) in [5.74, 6) is 2.10. The molecule has 2 aromatic carbocycles. The zero-order valence-electron chi connectivity index (χ0n) is 14.4. The maximum Gasteiger partial charge on any atom is 0.251 e. The first-order valence-corrected chi connectivity index (χ1v) is 8.66. The second-order valence-electron chi connectivity index (χ2n) is 5.93. The Bertz CT molecular complexity index is 699. The number of hydrogen-bond acceptors (Lipinski definition) is 4. The molecule has 0 aromatic heterocycles. The third kappa shape index (κ3) is 4.66. The van der Waals surface area contributed by atoms with Gasteiger partial charge in [-0.3, -0.25) is 4.79 Å². The number of ether oxygens (including phenoxy) is 3. The smallest absolute Gasteiger partial charge is 0.251 e. The lowest BCUT2D eigenvalue weighted by Gasteiger charge is -2.26. The van der Waals surface area contributed by atoms with Gasteiger partial charge in [0.25, 0.3) is 5.91 Å². The van der Waals surface area contributed by atoms with E-state index in [2.05, 4.69) is 12.2 Å². The maximum atomic E-state index is 12.3. The van der Waals surface area contributed by atoms with E-state index in [1.54, 1.807) is 12.1 Å². The molecule has 1 atom stereocenters. The van der Waals surface area contributed by atoms with Crippen LogP contribution in [-0.4, -0.2) is 31.8 Å². The Morgan fingerprint density at radius 1 is 1.16 bits per heavy atom. The Labute approximate surface area is 147 Å². The van der Waals surface area contributed by atoms with Crippen molar-refractivity contribution in [3.8, 4) is 17.2 Å².